The number of hydrogen-bond acceptors (Lipinski definition) is 4. The van der Waals surface area contributed by atoms with Crippen LogP contribution in [0.2, 0.25) is 0 Å². The average molecular weight is 362 g/mol. The standard InChI is InChI=1S/C17H18N2O3S2/c20-17(12-5-2-1-3-6-12)18-15-10-14-9-13(15)11-19(14)24(21,22)16-7-4-8-23-16/h1-8,13-15H,9-11H2,(H,18,20)/t13-,14-,15-/m0/s1. The number of sulfonamides is 1. The number of nitrogens with zero attached hydrogens (tertiary/aromatic N) is 1. The third-order valence-electron chi connectivity index (χ3n) is 4.90. The number of amides is 1. The van der Waals surface area contributed by atoms with E-state index in [4.69, 9.17) is 0 Å². The second-order valence-corrected chi connectivity index (χ2v) is 9.40. The van der Waals surface area contributed by atoms with Crippen LogP contribution in [-0.4, -0.2) is 37.3 Å². The third kappa shape index (κ3) is 2.66. The van der Waals surface area contributed by atoms with Gasteiger partial charge in [0.2, 0.25) is 0 Å². The lowest BCUT2D eigenvalue weighted by atomic mass is 10.0. The van der Waals surface area contributed by atoms with Crippen molar-refractivity contribution in [1.82, 2.24) is 9.62 Å². The maximum absolute atomic E-state index is 12.7. The highest BCUT2D eigenvalue weighted by atomic mass is 32.2. The number of nitrogens with one attached hydrogen (secondary N) is 1. The van der Waals surface area contributed by atoms with Crippen LogP contribution >= 0.6 is 11.3 Å². The van der Waals surface area contributed by atoms with Crippen molar-refractivity contribution in [3.05, 3.63) is 53.4 Å². The molecule has 2 aromatic rings. The van der Waals surface area contributed by atoms with Crippen molar-refractivity contribution in [2.45, 2.75) is 29.1 Å². The lowest BCUT2D eigenvalue weighted by Crippen LogP contribution is -2.47. The molecular weight excluding hydrogens is 344 g/mol. The van der Waals surface area contributed by atoms with Crippen LogP contribution in [0.1, 0.15) is 23.2 Å². The van der Waals surface area contributed by atoms with E-state index in [1.165, 1.54) is 11.3 Å². The van der Waals surface area contributed by atoms with Gasteiger partial charge in [0, 0.05) is 24.2 Å². The molecule has 0 radical (unpaired) electrons. The number of rotatable bonds is 4. The molecule has 24 heavy (non-hydrogen) atoms. The van der Waals surface area contributed by atoms with E-state index < -0.39 is 10.0 Å². The highest BCUT2D eigenvalue weighted by molar-refractivity contribution is 7.91. The number of thiophene rings is 1. The summed E-state index contributed by atoms with van der Waals surface area (Å²) in [5.74, 6) is 0.109. The molecule has 1 saturated carbocycles. The van der Waals surface area contributed by atoms with E-state index in [0.29, 0.717) is 22.7 Å². The molecule has 1 saturated heterocycles. The van der Waals surface area contributed by atoms with Crippen LogP contribution < -0.4 is 5.32 Å². The highest BCUT2D eigenvalue weighted by Crippen LogP contribution is 2.41. The van der Waals surface area contributed by atoms with Gasteiger partial charge in [-0.05, 0) is 42.3 Å². The predicted octanol–water partition coefficient (Wildman–Crippen LogP) is 2.33. The van der Waals surface area contributed by atoms with Gasteiger partial charge in [-0.25, -0.2) is 8.42 Å². The first kappa shape index (κ1) is 15.8. The van der Waals surface area contributed by atoms with Gasteiger partial charge in [0.1, 0.15) is 4.21 Å². The molecule has 126 valence electrons. The molecule has 1 aliphatic carbocycles. The Balaban J connectivity index is 1.44. The molecule has 1 amide bonds. The molecule has 2 fully saturated rings. The van der Waals surface area contributed by atoms with Gasteiger partial charge >= 0.3 is 0 Å². The van der Waals surface area contributed by atoms with Crippen molar-refractivity contribution < 1.29 is 13.2 Å². The quantitative estimate of drug-likeness (QED) is 0.908. The van der Waals surface area contributed by atoms with E-state index in [1.54, 1.807) is 34.0 Å². The van der Waals surface area contributed by atoms with Gasteiger partial charge < -0.3 is 5.32 Å². The predicted molar refractivity (Wildman–Crippen MR) is 92.4 cm³/mol. The fourth-order valence-electron chi connectivity index (χ4n) is 3.75. The largest absolute Gasteiger partial charge is 0.349 e. The molecule has 5 nitrogen and oxygen atoms in total. The number of benzene rings is 1. The Kier molecular flexibility index (Phi) is 3.94. The average Bonchev–Trinajstić information content (AvgIpc) is 3.32. The first-order chi connectivity index (χ1) is 11.6. The maximum atomic E-state index is 12.7. The Hall–Kier alpha value is -1.70. The van der Waals surface area contributed by atoms with Crippen LogP contribution in [0.15, 0.2) is 52.1 Å². The summed E-state index contributed by atoms with van der Waals surface area (Å²) in [6.07, 6.45) is 1.51. The Morgan fingerprint density at radius 2 is 1.92 bits per heavy atom. The third-order valence-corrected chi connectivity index (χ3v) is 8.19. The molecule has 1 aromatic carbocycles. The Morgan fingerprint density at radius 3 is 2.54 bits per heavy atom. The number of piperidine rings is 1. The van der Waals surface area contributed by atoms with E-state index in [9.17, 15) is 13.2 Å². The zero-order chi connectivity index (χ0) is 16.7. The van der Waals surface area contributed by atoms with Crippen molar-refractivity contribution in [1.29, 1.82) is 0 Å². The molecule has 2 bridgehead atoms. The summed E-state index contributed by atoms with van der Waals surface area (Å²) in [6.45, 7) is 0.491. The van der Waals surface area contributed by atoms with Crippen LogP contribution in [-0.2, 0) is 10.0 Å². The molecule has 3 atom stereocenters. The fraction of sp³-hybridized carbons (Fsp3) is 0.353. The van der Waals surface area contributed by atoms with Gasteiger partial charge in [-0.15, -0.1) is 11.3 Å². The zero-order valence-electron chi connectivity index (χ0n) is 13.0. The van der Waals surface area contributed by atoms with Crippen molar-refractivity contribution in [3.63, 3.8) is 0 Å². The molecule has 1 N–H and O–H groups in total. The van der Waals surface area contributed by atoms with E-state index >= 15 is 0 Å². The molecule has 0 unspecified atom stereocenters. The van der Waals surface area contributed by atoms with Crippen LogP contribution in [0.25, 0.3) is 0 Å². The number of carbonyl (C=O) groups excluding carboxylic acids is 1. The fourth-order valence-corrected chi connectivity index (χ4v) is 6.57. The lowest BCUT2D eigenvalue weighted by Gasteiger charge is -2.30. The van der Waals surface area contributed by atoms with Gasteiger partial charge in [-0.1, -0.05) is 24.3 Å². The summed E-state index contributed by atoms with van der Waals surface area (Å²) < 4.78 is 27.4. The summed E-state index contributed by atoms with van der Waals surface area (Å²) in [4.78, 5) is 12.3. The van der Waals surface area contributed by atoms with Crippen LogP contribution in [0, 0.1) is 5.92 Å². The van der Waals surface area contributed by atoms with E-state index in [1.807, 2.05) is 18.2 Å². The van der Waals surface area contributed by atoms with Gasteiger partial charge in [0.15, 0.2) is 0 Å². The molecule has 0 spiro atoms. The van der Waals surface area contributed by atoms with E-state index in [-0.39, 0.29) is 23.9 Å². The first-order valence-corrected chi connectivity index (χ1v) is 10.3. The molecule has 2 aliphatic rings. The zero-order valence-corrected chi connectivity index (χ0v) is 14.6. The first-order valence-electron chi connectivity index (χ1n) is 7.97. The van der Waals surface area contributed by atoms with Crippen molar-refractivity contribution in [2.75, 3.05) is 6.54 Å². The second kappa shape index (κ2) is 5.98. The summed E-state index contributed by atoms with van der Waals surface area (Å²) >= 11 is 1.25. The van der Waals surface area contributed by atoms with E-state index in [2.05, 4.69) is 5.32 Å². The normalized spacial score (nSPS) is 26.6. The minimum Gasteiger partial charge on any atom is -0.349 e. The molecule has 1 aromatic heterocycles. The second-order valence-electron chi connectivity index (χ2n) is 6.34. The topological polar surface area (TPSA) is 66.5 Å². The van der Waals surface area contributed by atoms with Crippen LogP contribution in [0.4, 0.5) is 0 Å². The summed E-state index contributed by atoms with van der Waals surface area (Å²) in [6, 6.07) is 12.6. The summed E-state index contributed by atoms with van der Waals surface area (Å²) in [5.41, 5.74) is 0.642. The van der Waals surface area contributed by atoms with Crippen molar-refractivity contribution >= 4 is 27.3 Å². The van der Waals surface area contributed by atoms with E-state index in [0.717, 1.165) is 6.42 Å². The smallest absolute Gasteiger partial charge is 0.252 e. The summed E-state index contributed by atoms with van der Waals surface area (Å²) in [7, 11) is -3.39. The minimum absolute atomic E-state index is 0.0110. The van der Waals surface area contributed by atoms with Gasteiger partial charge in [0.25, 0.3) is 15.9 Å². The maximum Gasteiger partial charge on any atom is 0.252 e. The monoisotopic (exact) mass is 362 g/mol. The number of hydrogen-bond donors (Lipinski definition) is 1. The Bertz CT molecular complexity index is 834. The lowest BCUT2D eigenvalue weighted by molar-refractivity contribution is 0.0919. The number of carbonyl (C=O) groups is 1. The van der Waals surface area contributed by atoms with Crippen molar-refractivity contribution in [2.24, 2.45) is 5.92 Å². The SMILES string of the molecule is O=C(N[C@H]1C[C@@H]2C[C@H]1CN2S(=O)(=O)c1cccs1)c1ccccc1. The van der Waals surface area contributed by atoms with Gasteiger partial charge in [0.05, 0.1) is 0 Å². The molecule has 7 heteroatoms. The molecule has 2 heterocycles. The minimum atomic E-state index is -3.39. The highest BCUT2D eigenvalue weighted by Gasteiger charge is 2.49. The van der Waals surface area contributed by atoms with Crippen molar-refractivity contribution in [3.8, 4) is 0 Å². The summed E-state index contributed by atoms with van der Waals surface area (Å²) in [5, 5.41) is 4.86. The van der Waals surface area contributed by atoms with Gasteiger partial charge in [-0.3, -0.25) is 4.79 Å². The molecular formula is C17H18N2O3S2. The van der Waals surface area contributed by atoms with Crippen LogP contribution in [0.5, 0.6) is 0 Å². The van der Waals surface area contributed by atoms with Crippen LogP contribution in [0.3, 0.4) is 0 Å². The molecule has 1 aliphatic heterocycles. The van der Waals surface area contributed by atoms with Gasteiger partial charge in [-0.2, -0.15) is 4.31 Å². The Morgan fingerprint density at radius 1 is 1.12 bits per heavy atom. The molecule has 4 rings (SSSR count). The Labute approximate surface area is 145 Å². The number of fused-ring (bicyclic) bond motifs is 2.